The number of halogens is 2. The Labute approximate surface area is 186 Å². The van der Waals surface area contributed by atoms with Crippen molar-refractivity contribution in [3.8, 4) is 0 Å². The molecule has 0 radical (unpaired) electrons. The van der Waals surface area contributed by atoms with Crippen molar-refractivity contribution < 1.29 is 48.0 Å². The van der Waals surface area contributed by atoms with Crippen LogP contribution in [0.3, 0.4) is 0 Å². The van der Waals surface area contributed by atoms with Crippen molar-refractivity contribution in [1.82, 2.24) is 0 Å². The zero-order chi connectivity index (χ0) is 17.3. The van der Waals surface area contributed by atoms with Gasteiger partial charge in [-0.05, 0) is 0 Å². The fourth-order valence-electron chi connectivity index (χ4n) is 5.39. The summed E-state index contributed by atoms with van der Waals surface area (Å²) in [5.41, 5.74) is 16.3. The Bertz CT molecular complexity index is 904. The van der Waals surface area contributed by atoms with Gasteiger partial charge in [-0.25, -0.2) is 0 Å². The van der Waals surface area contributed by atoms with E-state index >= 15 is 0 Å². The van der Waals surface area contributed by atoms with Crippen LogP contribution in [-0.2, 0) is 23.2 Å². The summed E-state index contributed by atoms with van der Waals surface area (Å²) in [7, 11) is 0. The average Bonchev–Trinajstić information content (AvgIpc) is 3.02. The monoisotopic (exact) mass is 472 g/mol. The first-order valence-electron chi connectivity index (χ1n) is 9.43. The molecule has 0 N–H and O–H groups in total. The van der Waals surface area contributed by atoms with Crippen molar-refractivity contribution in [2.75, 3.05) is 0 Å². The van der Waals surface area contributed by atoms with E-state index in [1.807, 2.05) is 0 Å². The molecule has 138 valence electrons. The van der Waals surface area contributed by atoms with E-state index in [1.54, 1.807) is 44.5 Å². The Hall–Kier alpha value is -0.617. The fraction of sp³-hybridized carbons (Fsp3) is 0.333. The van der Waals surface area contributed by atoms with E-state index in [1.165, 1.54) is 24.0 Å². The molecule has 1 heterocycles. The molecule has 0 fully saturated rings. The summed E-state index contributed by atoms with van der Waals surface area (Å²) >= 11 is -0.667. The Morgan fingerprint density at radius 2 is 1.07 bits per heavy atom. The molecule has 0 saturated carbocycles. The second-order valence-electron chi connectivity index (χ2n) is 7.93. The van der Waals surface area contributed by atoms with Gasteiger partial charge in [0.05, 0.1) is 0 Å². The van der Waals surface area contributed by atoms with Crippen molar-refractivity contribution in [2.45, 2.75) is 47.8 Å². The quantitative estimate of drug-likeness (QED) is 0.523. The molecule has 2 aliphatic carbocycles. The van der Waals surface area contributed by atoms with Crippen LogP contribution in [0.25, 0.3) is 11.1 Å². The van der Waals surface area contributed by atoms with E-state index in [2.05, 4.69) is 64.1 Å². The Balaban J connectivity index is 0.00000105. The minimum absolute atomic E-state index is 0. The summed E-state index contributed by atoms with van der Waals surface area (Å²) in [6.07, 6.45) is 2.43. The van der Waals surface area contributed by atoms with Crippen LogP contribution in [0.4, 0.5) is 0 Å². The van der Waals surface area contributed by atoms with Crippen molar-refractivity contribution >= 4 is 11.1 Å². The summed E-state index contributed by atoms with van der Waals surface area (Å²) in [5, 5.41) is 0. The molecule has 1 aliphatic heterocycles. The molecule has 0 saturated heterocycles. The van der Waals surface area contributed by atoms with Crippen LogP contribution in [0.5, 0.6) is 0 Å². The molecule has 0 spiro atoms. The minimum atomic E-state index is -0.667. The van der Waals surface area contributed by atoms with E-state index in [4.69, 9.17) is 0 Å². The smallest absolute Gasteiger partial charge is 1.00 e. The van der Waals surface area contributed by atoms with Crippen LogP contribution in [0, 0.1) is 13.8 Å². The molecule has 0 aromatic heterocycles. The number of hydrogen-bond acceptors (Lipinski definition) is 0. The number of aryl methyl sites for hydroxylation is 2. The van der Waals surface area contributed by atoms with Gasteiger partial charge in [-0.15, -0.1) is 0 Å². The van der Waals surface area contributed by atoms with Gasteiger partial charge in [-0.1, -0.05) is 0 Å². The number of hydrogen-bond donors (Lipinski definition) is 0. The van der Waals surface area contributed by atoms with Crippen LogP contribution in [0.15, 0.2) is 47.5 Å². The SMILES string of the molecule is CC1=C2CCC3=C(C)[CH]([Zr+2][CH]1c1cccc(C)c12)c1cccc(C)c13.[Cl-].[Cl-]. The fourth-order valence-corrected chi connectivity index (χ4v) is 10.4. The summed E-state index contributed by atoms with van der Waals surface area (Å²) < 4.78 is 1.53. The van der Waals surface area contributed by atoms with Crippen LogP contribution < -0.4 is 24.8 Å². The first-order chi connectivity index (χ1) is 12.1. The van der Waals surface area contributed by atoms with E-state index in [0.29, 0.717) is 0 Å². The van der Waals surface area contributed by atoms with E-state index in [0.717, 1.165) is 7.25 Å². The van der Waals surface area contributed by atoms with Gasteiger partial charge in [-0.2, -0.15) is 0 Å². The summed E-state index contributed by atoms with van der Waals surface area (Å²) in [6.45, 7) is 9.50. The first kappa shape index (κ1) is 21.1. The molecule has 5 rings (SSSR count). The minimum Gasteiger partial charge on any atom is -1.00 e. The number of benzene rings is 2. The molecule has 27 heavy (non-hydrogen) atoms. The molecule has 3 heteroatoms. The van der Waals surface area contributed by atoms with Gasteiger partial charge in [0.2, 0.25) is 0 Å². The maximum Gasteiger partial charge on any atom is -1.00 e. The third kappa shape index (κ3) is 2.97. The summed E-state index contributed by atoms with van der Waals surface area (Å²) in [6, 6.07) is 14.0. The third-order valence-corrected chi connectivity index (χ3v) is 11.9. The van der Waals surface area contributed by atoms with Gasteiger partial charge in [-0.3, -0.25) is 0 Å². The van der Waals surface area contributed by atoms with E-state index in [-0.39, 0.29) is 24.8 Å². The first-order valence-corrected chi connectivity index (χ1v) is 12.3. The number of fused-ring (bicyclic) bond motifs is 8. The van der Waals surface area contributed by atoms with Crippen molar-refractivity contribution in [2.24, 2.45) is 0 Å². The Morgan fingerprint density at radius 1 is 0.667 bits per heavy atom. The predicted molar refractivity (Wildman–Crippen MR) is 102 cm³/mol. The molecule has 2 aromatic carbocycles. The molecule has 2 aromatic rings. The number of allylic oxidation sites excluding steroid dienone is 4. The predicted octanol–water partition coefficient (Wildman–Crippen LogP) is 0.544. The average molecular weight is 475 g/mol. The maximum absolute atomic E-state index is 2.44. The van der Waals surface area contributed by atoms with Crippen LogP contribution in [0.2, 0.25) is 0 Å². The van der Waals surface area contributed by atoms with E-state index < -0.39 is 23.2 Å². The van der Waals surface area contributed by atoms with Gasteiger partial charge < -0.3 is 24.8 Å². The molecule has 2 atom stereocenters. The van der Waals surface area contributed by atoms with Crippen LogP contribution in [-0.4, -0.2) is 0 Å². The molecule has 4 bridgehead atoms. The molecule has 0 amide bonds. The molecule has 0 nitrogen and oxygen atoms in total. The largest absolute Gasteiger partial charge is 1.00 e. The summed E-state index contributed by atoms with van der Waals surface area (Å²) in [5.74, 6) is 0. The molecular formula is C24H24Cl2Zr. The topological polar surface area (TPSA) is 0 Å². The number of rotatable bonds is 0. The van der Waals surface area contributed by atoms with Gasteiger partial charge in [0, 0.05) is 0 Å². The Kier molecular flexibility index (Phi) is 5.99. The molecule has 2 unspecified atom stereocenters. The van der Waals surface area contributed by atoms with Crippen LogP contribution >= 0.6 is 0 Å². The normalized spacial score (nSPS) is 21.6. The molecular weight excluding hydrogens is 450 g/mol. The molecule has 3 aliphatic rings. The van der Waals surface area contributed by atoms with Gasteiger partial charge >= 0.3 is 163 Å². The van der Waals surface area contributed by atoms with Gasteiger partial charge in [0.15, 0.2) is 0 Å². The second-order valence-corrected chi connectivity index (χ2v) is 11.6. The van der Waals surface area contributed by atoms with Crippen molar-refractivity contribution in [3.05, 3.63) is 80.9 Å². The zero-order valence-electron chi connectivity index (χ0n) is 16.3. The summed E-state index contributed by atoms with van der Waals surface area (Å²) in [4.78, 5) is 0. The van der Waals surface area contributed by atoms with Crippen molar-refractivity contribution in [1.29, 1.82) is 0 Å². The van der Waals surface area contributed by atoms with Crippen molar-refractivity contribution in [3.63, 3.8) is 0 Å². The third-order valence-electron chi connectivity index (χ3n) is 6.61. The van der Waals surface area contributed by atoms with Gasteiger partial charge in [0.1, 0.15) is 0 Å². The standard InChI is InChI=1S/C24H24.2ClH.Zr/c1-15-7-5-9-19-13-17(3)21(23(15)19)11-12-22-18(4)14-20-10-6-8-16(2)24(20)22;;;/h5-10,13-14H,11-12H2,1-4H3;2*1H;/q;;;+2/p-2. The maximum atomic E-state index is 2.44. The Morgan fingerprint density at radius 3 is 1.48 bits per heavy atom. The second kappa shape index (κ2) is 7.66. The zero-order valence-corrected chi connectivity index (χ0v) is 20.3. The van der Waals surface area contributed by atoms with E-state index in [9.17, 15) is 0 Å². The van der Waals surface area contributed by atoms with Crippen LogP contribution in [0.1, 0.15) is 67.3 Å². The van der Waals surface area contributed by atoms with Gasteiger partial charge in [0.25, 0.3) is 0 Å².